The quantitative estimate of drug-likeness (QED) is 0.0493. The first-order chi connectivity index (χ1) is 65.4. The lowest BCUT2D eigenvalue weighted by Gasteiger charge is -2.27. The second kappa shape index (κ2) is 42.6. The summed E-state index contributed by atoms with van der Waals surface area (Å²) in [5.74, 6) is 5.93. The Bertz CT molecular complexity index is 6220. The molecule has 638 valence electrons. The van der Waals surface area contributed by atoms with Crippen LogP contribution in [0, 0.1) is 0 Å². The molecule has 24 heteroatoms. The van der Waals surface area contributed by atoms with E-state index in [-0.39, 0.29) is 18.0 Å². The number of para-hydroxylation sites is 13. The summed E-state index contributed by atoms with van der Waals surface area (Å²) in [5, 5.41) is 0.606. The Kier molecular flexibility index (Phi) is 27.3. The Morgan fingerprint density at radius 3 is 0.553 bits per heavy atom. The van der Waals surface area contributed by atoms with Crippen LogP contribution in [0.2, 0.25) is 0 Å². The van der Waals surface area contributed by atoms with Crippen molar-refractivity contribution < 1.29 is 14.2 Å². The first-order valence-corrected chi connectivity index (χ1v) is 43.1. The lowest BCUT2D eigenvalue weighted by molar-refractivity contribution is 0.398. The number of hydrogen-bond acceptors (Lipinski definition) is 21. The minimum absolute atomic E-state index is 0.133. The predicted molar refractivity (Wildman–Crippen MR) is 521 cm³/mol. The molecule has 0 bridgehead atoms. The number of rotatable bonds is 26. The van der Waals surface area contributed by atoms with E-state index in [4.69, 9.17) is 44.1 Å². The summed E-state index contributed by atoms with van der Waals surface area (Å²) in [5.41, 5.74) is 9.29. The molecule has 0 unspecified atom stereocenters. The zero-order valence-electron chi connectivity index (χ0n) is 70.9. The molecule has 0 saturated heterocycles. The van der Waals surface area contributed by atoms with Gasteiger partial charge in [-0.1, -0.05) is 255 Å². The standard InChI is InChI=1S/C33H25N5O.C33H25N5S.C27H20N4O2.C15H12N6/c2*1-6-16-26(17-7-1)37(27-18-8-2-9-19-27)31-34-32(36-33(35-31)39-30-24-14-5-15-25-30)38(28-20-10-3-11-21-28)29-22-12-4-13-23-29;1-5-13-21(14-6-1)31(22-15-7-2-8-16-22)25-28-26(32-23-17-9-3-10-18-23)30-27(29-25)33-24-19-11-4-12-20-24;1-2-8-19(7-1)13-16-14(20-9-3-4-10-20)18-15(17-13)21-11-5-6-12-21/h2*1-25H;1-20H;1-12H. The number of benzene rings is 14. The van der Waals surface area contributed by atoms with Crippen LogP contribution in [-0.2, 0) is 0 Å². The van der Waals surface area contributed by atoms with E-state index >= 15 is 0 Å². The average Bonchev–Trinajstić information content (AvgIpc) is 1.04. The number of aromatic nitrogens is 15. The Balaban J connectivity index is 0.000000120. The van der Waals surface area contributed by atoms with Crippen LogP contribution >= 0.6 is 11.8 Å². The molecule has 23 nitrogen and oxygen atoms in total. The Hall–Kier alpha value is -18.3. The molecule has 21 rings (SSSR count). The highest BCUT2D eigenvalue weighted by atomic mass is 32.2. The van der Waals surface area contributed by atoms with Crippen LogP contribution in [0.1, 0.15) is 0 Å². The van der Waals surface area contributed by atoms with E-state index in [9.17, 15) is 0 Å². The van der Waals surface area contributed by atoms with Gasteiger partial charge in [-0.2, -0.15) is 54.8 Å². The lowest BCUT2D eigenvalue weighted by atomic mass is 10.2. The van der Waals surface area contributed by atoms with E-state index in [1.807, 2.05) is 466 Å². The third-order valence-electron chi connectivity index (χ3n) is 19.8. The number of anilines is 15. The fourth-order valence-corrected chi connectivity index (χ4v) is 14.6. The zero-order chi connectivity index (χ0) is 88.9. The monoisotopic (exact) mass is 1740 g/mol. The predicted octanol–water partition coefficient (Wildman–Crippen LogP) is 26.7. The van der Waals surface area contributed by atoms with Gasteiger partial charge in [0.2, 0.25) is 47.6 Å². The normalized spacial score (nSPS) is 10.6. The van der Waals surface area contributed by atoms with Crippen LogP contribution < -0.4 is 38.7 Å². The van der Waals surface area contributed by atoms with Gasteiger partial charge in [0.1, 0.15) is 17.2 Å². The molecular weight excluding hydrogens is 1660 g/mol. The van der Waals surface area contributed by atoms with Crippen molar-refractivity contribution >= 4 is 98.4 Å². The van der Waals surface area contributed by atoms with Crippen LogP contribution in [0.4, 0.5) is 86.6 Å². The smallest absolute Gasteiger partial charge is 0.330 e. The summed E-state index contributed by atoms with van der Waals surface area (Å²) in [6.07, 6.45) is 11.5. The molecule has 0 amide bonds. The molecule has 0 atom stereocenters. The summed E-state index contributed by atoms with van der Waals surface area (Å²) in [6.45, 7) is 0. The van der Waals surface area contributed by atoms with Gasteiger partial charge < -0.3 is 14.2 Å². The van der Waals surface area contributed by atoms with Gasteiger partial charge in [0.05, 0.1) is 0 Å². The van der Waals surface area contributed by atoms with Gasteiger partial charge in [-0.05, 0) is 218 Å². The van der Waals surface area contributed by atoms with Gasteiger partial charge >= 0.3 is 18.0 Å². The first kappa shape index (κ1) is 84.5. The maximum Gasteiger partial charge on any atom is 0.330 e. The van der Waals surface area contributed by atoms with Crippen molar-refractivity contribution in [3.63, 3.8) is 0 Å². The molecule has 0 aliphatic carbocycles. The highest BCUT2D eigenvalue weighted by Crippen LogP contribution is 2.42. The van der Waals surface area contributed by atoms with Crippen molar-refractivity contribution in [2.24, 2.45) is 0 Å². The third-order valence-corrected chi connectivity index (χ3v) is 20.7. The maximum atomic E-state index is 6.19. The molecule has 21 aromatic rings. The Morgan fingerprint density at radius 2 is 0.341 bits per heavy atom. The molecular formula is C108H82N20O3S. The minimum Gasteiger partial charge on any atom is -0.424 e. The van der Waals surface area contributed by atoms with Gasteiger partial charge in [0.15, 0.2) is 5.16 Å². The van der Waals surface area contributed by atoms with E-state index in [0.29, 0.717) is 70.0 Å². The molecule has 14 aromatic carbocycles. The molecule has 0 fully saturated rings. The molecule has 0 saturated carbocycles. The van der Waals surface area contributed by atoms with Crippen molar-refractivity contribution in [3.05, 3.63) is 498 Å². The highest BCUT2D eigenvalue weighted by Gasteiger charge is 2.27. The highest BCUT2D eigenvalue weighted by molar-refractivity contribution is 7.99. The van der Waals surface area contributed by atoms with E-state index in [0.717, 1.165) is 61.8 Å². The van der Waals surface area contributed by atoms with E-state index in [2.05, 4.69) is 100 Å². The van der Waals surface area contributed by atoms with Crippen molar-refractivity contribution in [2.45, 2.75) is 10.1 Å². The van der Waals surface area contributed by atoms with Crippen molar-refractivity contribution in [3.8, 4) is 53.1 Å². The van der Waals surface area contributed by atoms with Crippen LogP contribution in [0.15, 0.2) is 508 Å². The fraction of sp³-hybridized carbons (Fsp3) is 0. The Labute approximate surface area is 767 Å². The van der Waals surface area contributed by atoms with Gasteiger partial charge in [0.25, 0.3) is 0 Å². The molecule has 0 N–H and O–H groups in total. The zero-order valence-corrected chi connectivity index (χ0v) is 71.7. The van der Waals surface area contributed by atoms with Gasteiger partial charge in [-0.3, -0.25) is 38.2 Å². The number of nitrogens with zero attached hydrogens (tertiary/aromatic N) is 20. The minimum atomic E-state index is 0.133. The SMILES string of the molecule is c1ccc(Oc2nc(N(c3ccccc3)c3ccccc3)nc(N(c3ccccc3)c3ccccc3)n2)cc1.c1ccc(Oc2nc(Oc3ccccc3)nc(N(c3ccccc3)c3ccccc3)n2)cc1.c1ccc(Sc2nc(N(c3ccccc3)c3ccccc3)nc(N(c3ccccc3)c3ccccc3)n2)cc1.c1ccn(-c2nc(-n3cccc3)nc(-n3cccc3)n2)c1. The molecule has 7 heterocycles. The summed E-state index contributed by atoms with van der Waals surface area (Å²) in [6, 6.07) is 151. The third kappa shape index (κ3) is 21.8. The van der Waals surface area contributed by atoms with Gasteiger partial charge in [-0.25, -0.2) is 0 Å². The second-order valence-electron chi connectivity index (χ2n) is 28.8. The molecule has 0 aliphatic heterocycles. The second-order valence-corrected chi connectivity index (χ2v) is 29.9. The summed E-state index contributed by atoms with van der Waals surface area (Å²) in [7, 11) is 0. The van der Waals surface area contributed by atoms with Gasteiger partial charge in [0, 0.05) is 99.0 Å². The topological polar surface area (TPSA) is 213 Å². The molecule has 0 spiro atoms. The number of ether oxygens (including phenoxy) is 3. The van der Waals surface area contributed by atoms with E-state index < -0.39 is 0 Å². The van der Waals surface area contributed by atoms with Crippen LogP contribution in [0.25, 0.3) is 17.8 Å². The molecule has 132 heavy (non-hydrogen) atoms. The summed E-state index contributed by atoms with van der Waals surface area (Å²) < 4.78 is 23.7. The molecule has 7 aromatic heterocycles. The van der Waals surface area contributed by atoms with E-state index in [1.54, 1.807) is 0 Å². The first-order valence-electron chi connectivity index (χ1n) is 42.3. The van der Waals surface area contributed by atoms with Crippen molar-refractivity contribution in [1.29, 1.82) is 0 Å². The Morgan fingerprint density at radius 1 is 0.167 bits per heavy atom. The largest absolute Gasteiger partial charge is 0.424 e. The van der Waals surface area contributed by atoms with Crippen LogP contribution in [-0.4, -0.2) is 73.5 Å². The van der Waals surface area contributed by atoms with Crippen LogP contribution in [0.3, 0.4) is 0 Å². The number of hydrogen-bond donors (Lipinski definition) is 0. The average molecular weight is 1740 g/mol. The van der Waals surface area contributed by atoms with Crippen molar-refractivity contribution in [2.75, 3.05) is 24.5 Å². The van der Waals surface area contributed by atoms with Gasteiger partial charge in [-0.15, -0.1) is 4.98 Å². The molecule has 0 radical (unpaired) electrons. The summed E-state index contributed by atoms with van der Waals surface area (Å²) in [4.78, 5) is 68.0. The van der Waals surface area contributed by atoms with Crippen molar-refractivity contribution in [1.82, 2.24) is 73.5 Å². The van der Waals surface area contributed by atoms with E-state index in [1.165, 1.54) is 11.8 Å². The van der Waals surface area contributed by atoms with Crippen LogP contribution in [0.5, 0.6) is 35.3 Å². The molecule has 0 aliphatic rings. The lowest BCUT2D eigenvalue weighted by Crippen LogP contribution is -2.19. The summed E-state index contributed by atoms with van der Waals surface area (Å²) >= 11 is 1.52. The maximum absolute atomic E-state index is 6.19. The fourth-order valence-electron chi connectivity index (χ4n) is 13.8.